The van der Waals surface area contributed by atoms with Gasteiger partial charge in [-0.3, -0.25) is 0 Å². The molecule has 1 aliphatic heterocycles. The molecular weight excluding hydrogens is 174 g/mol. The molecule has 0 aliphatic carbocycles. The SMILES string of the molecule is CCC1CNc2c(cccc2OC)C1. The first kappa shape index (κ1) is 9.38. The van der Waals surface area contributed by atoms with Crippen LogP contribution in [0.25, 0.3) is 0 Å². The van der Waals surface area contributed by atoms with E-state index in [1.54, 1.807) is 7.11 Å². The number of fused-ring (bicyclic) bond motifs is 1. The lowest BCUT2D eigenvalue weighted by atomic mass is 9.92. The van der Waals surface area contributed by atoms with Crippen LogP contribution < -0.4 is 10.1 Å². The molecule has 0 fully saturated rings. The Morgan fingerprint density at radius 3 is 3.07 bits per heavy atom. The Morgan fingerprint density at radius 2 is 2.36 bits per heavy atom. The van der Waals surface area contributed by atoms with Crippen molar-refractivity contribution >= 4 is 5.69 Å². The summed E-state index contributed by atoms with van der Waals surface area (Å²) in [6.07, 6.45) is 2.42. The fourth-order valence-corrected chi connectivity index (χ4v) is 2.04. The molecule has 0 amide bonds. The predicted octanol–water partition coefficient (Wildman–Crippen LogP) is 2.69. The van der Waals surface area contributed by atoms with E-state index in [-0.39, 0.29) is 0 Å². The zero-order valence-electron chi connectivity index (χ0n) is 8.84. The largest absolute Gasteiger partial charge is 0.495 e. The van der Waals surface area contributed by atoms with Crippen molar-refractivity contribution in [2.75, 3.05) is 19.0 Å². The third-order valence-electron chi connectivity index (χ3n) is 2.99. The molecule has 2 nitrogen and oxygen atoms in total. The van der Waals surface area contributed by atoms with E-state index in [9.17, 15) is 0 Å². The van der Waals surface area contributed by atoms with Gasteiger partial charge in [0, 0.05) is 6.54 Å². The highest BCUT2D eigenvalue weighted by Gasteiger charge is 2.18. The van der Waals surface area contributed by atoms with Crippen molar-refractivity contribution in [1.82, 2.24) is 0 Å². The first-order valence-corrected chi connectivity index (χ1v) is 5.25. The minimum absolute atomic E-state index is 0.773. The van der Waals surface area contributed by atoms with E-state index in [2.05, 4.69) is 24.4 Å². The van der Waals surface area contributed by atoms with Gasteiger partial charge in [0.05, 0.1) is 12.8 Å². The van der Waals surface area contributed by atoms with Crippen molar-refractivity contribution in [2.24, 2.45) is 5.92 Å². The molecule has 1 heterocycles. The smallest absolute Gasteiger partial charge is 0.142 e. The van der Waals surface area contributed by atoms with Crippen LogP contribution in [0.4, 0.5) is 5.69 Å². The zero-order chi connectivity index (χ0) is 9.97. The van der Waals surface area contributed by atoms with Crippen LogP contribution in [0.3, 0.4) is 0 Å². The summed E-state index contributed by atoms with van der Waals surface area (Å²) < 4.78 is 5.32. The Hall–Kier alpha value is -1.18. The number of rotatable bonds is 2. The lowest BCUT2D eigenvalue weighted by molar-refractivity contribution is 0.412. The summed E-state index contributed by atoms with van der Waals surface area (Å²) in [5.74, 6) is 1.74. The van der Waals surface area contributed by atoms with Crippen LogP contribution in [-0.4, -0.2) is 13.7 Å². The molecular formula is C12H17NO. The fourth-order valence-electron chi connectivity index (χ4n) is 2.04. The number of hydrogen-bond acceptors (Lipinski definition) is 2. The van der Waals surface area contributed by atoms with Crippen molar-refractivity contribution in [3.63, 3.8) is 0 Å². The van der Waals surface area contributed by atoms with Crippen molar-refractivity contribution in [3.05, 3.63) is 23.8 Å². The van der Waals surface area contributed by atoms with Crippen molar-refractivity contribution in [2.45, 2.75) is 19.8 Å². The molecule has 76 valence electrons. The second-order valence-electron chi connectivity index (χ2n) is 3.85. The first-order valence-electron chi connectivity index (χ1n) is 5.25. The maximum atomic E-state index is 5.32. The number of ether oxygens (including phenoxy) is 1. The van der Waals surface area contributed by atoms with E-state index in [0.29, 0.717) is 0 Å². The summed E-state index contributed by atoms with van der Waals surface area (Å²) in [7, 11) is 1.73. The van der Waals surface area contributed by atoms with E-state index in [1.807, 2.05) is 6.07 Å². The fraction of sp³-hybridized carbons (Fsp3) is 0.500. The van der Waals surface area contributed by atoms with Crippen LogP contribution in [0.1, 0.15) is 18.9 Å². The van der Waals surface area contributed by atoms with Gasteiger partial charge in [0.15, 0.2) is 0 Å². The van der Waals surface area contributed by atoms with E-state index in [1.165, 1.54) is 24.1 Å². The lowest BCUT2D eigenvalue weighted by Gasteiger charge is -2.26. The van der Waals surface area contributed by atoms with Gasteiger partial charge in [0.25, 0.3) is 0 Å². The molecule has 1 aromatic rings. The van der Waals surface area contributed by atoms with E-state index < -0.39 is 0 Å². The summed E-state index contributed by atoms with van der Waals surface area (Å²) in [6, 6.07) is 6.27. The van der Waals surface area contributed by atoms with Gasteiger partial charge < -0.3 is 10.1 Å². The number of nitrogens with one attached hydrogen (secondary N) is 1. The number of methoxy groups -OCH3 is 1. The van der Waals surface area contributed by atoms with E-state index in [4.69, 9.17) is 4.74 Å². The molecule has 0 saturated carbocycles. The molecule has 2 rings (SSSR count). The van der Waals surface area contributed by atoms with Crippen LogP contribution in [0.2, 0.25) is 0 Å². The number of anilines is 1. The predicted molar refractivity (Wildman–Crippen MR) is 59.0 cm³/mol. The van der Waals surface area contributed by atoms with Crippen LogP contribution in [-0.2, 0) is 6.42 Å². The maximum absolute atomic E-state index is 5.32. The molecule has 0 aromatic heterocycles. The first-order chi connectivity index (χ1) is 6.85. The molecule has 1 atom stereocenters. The topological polar surface area (TPSA) is 21.3 Å². The highest BCUT2D eigenvalue weighted by Crippen LogP contribution is 2.33. The van der Waals surface area contributed by atoms with Crippen LogP contribution in [0, 0.1) is 5.92 Å². The normalized spacial score (nSPS) is 19.7. The van der Waals surface area contributed by atoms with Crippen molar-refractivity contribution < 1.29 is 4.74 Å². The minimum Gasteiger partial charge on any atom is -0.495 e. The molecule has 1 unspecified atom stereocenters. The molecule has 0 spiro atoms. The highest BCUT2D eigenvalue weighted by atomic mass is 16.5. The number of hydrogen-bond donors (Lipinski definition) is 1. The number of benzene rings is 1. The minimum atomic E-state index is 0.773. The van der Waals surface area contributed by atoms with Gasteiger partial charge in [-0.15, -0.1) is 0 Å². The zero-order valence-corrected chi connectivity index (χ0v) is 8.84. The van der Waals surface area contributed by atoms with Crippen molar-refractivity contribution in [1.29, 1.82) is 0 Å². The summed E-state index contributed by atoms with van der Waals surface area (Å²) in [5.41, 5.74) is 2.59. The lowest BCUT2D eigenvalue weighted by Crippen LogP contribution is -2.22. The molecule has 14 heavy (non-hydrogen) atoms. The maximum Gasteiger partial charge on any atom is 0.142 e. The Kier molecular flexibility index (Phi) is 2.62. The van der Waals surface area contributed by atoms with Gasteiger partial charge >= 0.3 is 0 Å². The average molecular weight is 191 g/mol. The van der Waals surface area contributed by atoms with Crippen LogP contribution in [0.15, 0.2) is 18.2 Å². The summed E-state index contributed by atoms with van der Waals surface area (Å²) in [5, 5.41) is 3.46. The third kappa shape index (κ3) is 1.57. The average Bonchev–Trinajstić information content (AvgIpc) is 2.27. The van der Waals surface area contributed by atoms with Crippen molar-refractivity contribution in [3.8, 4) is 5.75 Å². The Balaban J connectivity index is 2.30. The Morgan fingerprint density at radius 1 is 1.50 bits per heavy atom. The monoisotopic (exact) mass is 191 g/mol. The Labute approximate surface area is 85.3 Å². The highest BCUT2D eigenvalue weighted by molar-refractivity contribution is 5.63. The molecule has 0 radical (unpaired) electrons. The second-order valence-corrected chi connectivity index (χ2v) is 3.85. The van der Waals surface area contributed by atoms with E-state index >= 15 is 0 Å². The van der Waals surface area contributed by atoms with Gasteiger partial charge in [-0.05, 0) is 24.0 Å². The third-order valence-corrected chi connectivity index (χ3v) is 2.99. The van der Waals surface area contributed by atoms with Gasteiger partial charge in [-0.1, -0.05) is 25.5 Å². The molecule has 0 bridgehead atoms. The Bertz CT molecular complexity index is 322. The molecule has 2 heteroatoms. The van der Waals surface area contributed by atoms with Crippen LogP contribution in [0.5, 0.6) is 5.75 Å². The quantitative estimate of drug-likeness (QED) is 0.776. The summed E-state index contributed by atoms with van der Waals surface area (Å²) in [6.45, 7) is 3.32. The molecule has 0 saturated heterocycles. The molecule has 1 aromatic carbocycles. The van der Waals surface area contributed by atoms with E-state index in [0.717, 1.165) is 18.2 Å². The summed E-state index contributed by atoms with van der Waals surface area (Å²) >= 11 is 0. The van der Waals surface area contributed by atoms with Gasteiger partial charge in [0.2, 0.25) is 0 Å². The van der Waals surface area contributed by atoms with Gasteiger partial charge in [-0.25, -0.2) is 0 Å². The standard InChI is InChI=1S/C12H17NO/c1-3-9-7-10-5-4-6-11(14-2)12(10)13-8-9/h4-6,9,13H,3,7-8H2,1-2H3. The number of para-hydroxylation sites is 1. The molecule has 1 aliphatic rings. The second kappa shape index (κ2) is 3.91. The summed E-state index contributed by atoms with van der Waals surface area (Å²) in [4.78, 5) is 0. The van der Waals surface area contributed by atoms with Crippen LogP contribution >= 0.6 is 0 Å². The van der Waals surface area contributed by atoms with Gasteiger partial charge in [0.1, 0.15) is 5.75 Å². The van der Waals surface area contributed by atoms with Gasteiger partial charge in [-0.2, -0.15) is 0 Å². The molecule has 1 N–H and O–H groups in total.